The number of aliphatic hydroxyl groups is 1. The van der Waals surface area contributed by atoms with Crippen LogP contribution in [0.4, 0.5) is 0 Å². The van der Waals surface area contributed by atoms with Gasteiger partial charge in [0, 0.05) is 12.1 Å². The summed E-state index contributed by atoms with van der Waals surface area (Å²) in [5, 5.41) is 8.61. The average Bonchev–Trinajstić information content (AvgIpc) is 2.41. The second-order valence-corrected chi connectivity index (χ2v) is 7.24. The number of benzene rings is 1. The number of aliphatic hydroxyl groups excluding tert-OH is 1. The van der Waals surface area contributed by atoms with E-state index in [1.807, 2.05) is 0 Å². The van der Waals surface area contributed by atoms with Gasteiger partial charge < -0.3 is 5.11 Å². The number of rotatable bonds is 4. The van der Waals surface area contributed by atoms with Crippen molar-refractivity contribution in [2.75, 3.05) is 13.2 Å². The van der Waals surface area contributed by atoms with E-state index in [2.05, 4.69) is 23.5 Å². The van der Waals surface area contributed by atoms with Gasteiger partial charge in [0.25, 0.3) is 0 Å². The van der Waals surface area contributed by atoms with Crippen LogP contribution in [0.5, 0.6) is 0 Å². The molecule has 5 heteroatoms. The van der Waals surface area contributed by atoms with Crippen molar-refractivity contribution in [3.63, 3.8) is 0 Å². The molecule has 1 aromatic carbocycles. The molecular weight excluding hydrogens is 274 g/mol. The maximum absolute atomic E-state index is 12.2. The Bertz CT molecular complexity index is 619. The first kappa shape index (κ1) is 15.0. The molecule has 0 aromatic heterocycles. The molecule has 0 spiro atoms. The third-order valence-electron chi connectivity index (χ3n) is 3.73. The molecule has 0 bridgehead atoms. The molecule has 1 saturated carbocycles. The van der Waals surface area contributed by atoms with E-state index in [1.165, 1.54) is 18.6 Å². The lowest BCUT2D eigenvalue weighted by Gasteiger charge is -2.38. The zero-order valence-electron chi connectivity index (χ0n) is 11.5. The zero-order chi connectivity index (χ0) is 14.6. The highest BCUT2D eigenvalue weighted by molar-refractivity contribution is 7.89. The van der Waals surface area contributed by atoms with Gasteiger partial charge in [-0.3, -0.25) is 0 Å². The highest BCUT2D eigenvalue weighted by atomic mass is 32.2. The molecule has 0 unspecified atom stereocenters. The molecule has 20 heavy (non-hydrogen) atoms. The van der Waals surface area contributed by atoms with Crippen LogP contribution >= 0.6 is 0 Å². The second kappa shape index (κ2) is 5.96. The predicted octanol–water partition coefficient (Wildman–Crippen LogP) is 1.50. The van der Waals surface area contributed by atoms with Gasteiger partial charge in [0.1, 0.15) is 6.61 Å². The molecule has 1 aromatic rings. The Morgan fingerprint density at radius 2 is 1.95 bits per heavy atom. The van der Waals surface area contributed by atoms with E-state index in [0.717, 1.165) is 12.8 Å². The summed E-state index contributed by atoms with van der Waals surface area (Å²) in [5.74, 6) is 5.26. The van der Waals surface area contributed by atoms with Crippen LogP contribution in [0.3, 0.4) is 0 Å². The van der Waals surface area contributed by atoms with E-state index in [9.17, 15) is 8.42 Å². The maximum Gasteiger partial charge on any atom is 0.240 e. The standard InChI is InChI=1S/C15H19NO3S/c1-15(9-3-10-15)12-16-20(18,19)14-7-5-13(6-8-14)4-2-11-17/h5-8,16-17H,3,9-12H2,1H3. The molecular formula is C15H19NO3S. The van der Waals surface area contributed by atoms with Crippen molar-refractivity contribution in [1.82, 2.24) is 4.72 Å². The number of sulfonamides is 1. The van der Waals surface area contributed by atoms with Crippen LogP contribution in [0.25, 0.3) is 0 Å². The highest BCUT2D eigenvalue weighted by Crippen LogP contribution is 2.39. The molecule has 2 N–H and O–H groups in total. The van der Waals surface area contributed by atoms with E-state index >= 15 is 0 Å². The van der Waals surface area contributed by atoms with E-state index < -0.39 is 10.0 Å². The number of hydrogen-bond donors (Lipinski definition) is 2. The van der Waals surface area contributed by atoms with Crippen LogP contribution in [-0.4, -0.2) is 26.7 Å². The summed E-state index contributed by atoms with van der Waals surface area (Å²) in [6.45, 7) is 2.38. The van der Waals surface area contributed by atoms with Crippen LogP contribution in [0.2, 0.25) is 0 Å². The molecule has 0 saturated heterocycles. The van der Waals surface area contributed by atoms with Crippen LogP contribution in [0, 0.1) is 17.3 Å². The SMILES string of the molecule is CC1(CNS(=O)(=O)c2ccc(C#CCO)cc2)CCC1. The second-order valence-electron chi connectivity index (χ2n) is 5.47. The van der Waals surface area contributed by atoms with Crippen molar-refractivity contribution in [1.29, 1.82) is 0 Å². The summed E-state index contributed by atoms with van der Waals surface area (Å²) >= 11 is 0. The summed E-state index contributed by atoms with van der Waals surface area (Å²) in [4.78, 5) is 0.245. The fourth-order valence-corrected chi connectivity index (χ4v) is 3.37. The Balaban J connectivity index is 2.05. The highest BCUT2D eigenvalue weighted by Gasteiger charge is 2.32. The topological polar surface area (TPSA) is 66.4 Å². The monoisotopic (exact) mass is 293 g/mol. The molecule has 4 nitrogen and oxygen atoms in total. The molecule has 0 atom stereocenters. The minimum atomic E-state index is -3.45. The largest absolute Gasteiger partial charge is 0.384 e. The Labute approximate surface area is 120 Å². The van der Waals surface area contributed by atoms with Gasteiger partial charge in [-0.2, -0.15) is 0 Å². The maximum atomic E-state index is 12.2. The Kier molecular flexibility index (Phi) is 4.48. The molecule has 108 valence electrons. The predicted molar refractivity (Wildman–Crippen MR) is 77.6 cm³/mol. The first-order chi connectivity index (χ1) is 9.45. The van der Waals surface area contributed by atoms with Gasteiger partial charge >= 0.3 is 0 Å². The van der Waals surface area contributed by atoms with Crippen LogP contribution in [0.1, 0.15) is 31.7 Å². The quantitative estimate of drug-likeness (QED) is 0.827. The smallest absolute Gasteiger partial charge is 0.240 e. The van der Waals surface area contributed by atoms with E-state index in [-0.39, 0.29) is 16.9 Å². The summed E-state index contributed by atoms with van der Waals surface area (Å²) in [7, 11) is -3.45. The Hall–Kier alpha value is -1.35. The summed E-state index contributed by atoms with van der Waals surface area (Å²) in [5.41, 5.74) is 0.795. The van der Waals surface area contributed by atoms with Crippen molar-refractivity contribution in [2.45, 2.75) is 31.1 Å². The molecule has 0 heterocycles. The lowest BCUT2D eigenvalue weighted by molar-refractivity contribution is 0.166. The molecule has 0 aliphatic heterocycles. The van der Waals surface area contributed by atoms with Gasteiger partial charge in [0.05, 0.1) is 4.90 Å². The number of nitrogens with one attached hydrogen (secondary N) is 1. The van der Waals surface area contributed by atoms with Crippen molar-refractivity contribution < 1.29 is 13.5 Å². The third-order valence-corrected chi connectivity index (χ3v) is 5.14. The normalized spacial score (nSPS) is 16.9. The first-order valence-corrected chi connectivity index (χ1v) is 8.13. The van der Waals surface area contributed by atoms with Crippen molar-refractivity contribution >= 4 is 10.0 Å². The van der Waals surface area contributed by atoms with Gasteiger partial charge in [0.15, 0.2) is 0 Å². The van der Waals surface area contributed by atoms with Crippen molar-refractivity contribution in [3.8, 4) is 11.8 Å². The summed E-state index contributed by atoms with van der Waals surface area (Å²) in [6, 6.07) is 6.35. The zero-order valence-corrected chi connectivity index (χ0v) is 12.3. The molecule has 1 aliphatic rings. The van der Waals surface area contributed by atoms with E-state index in [0.29, 0.717) is 12.1 Å². The first-order valence-electron chi connectivity index (χ1n) is 6.65. The fraction of sp³-hybridized carbons (Fsp3) is 0.467. The van der Waals surface area contributed by atoms with Crippen molar-refractivity contribution in [2.24, 2.45) is 5.41 Å². The lowest BCUT2D eigenvalue weighted by Crippen LogP contribution is -2.39. The molecule has 1 aliphatic carbocycles. The van der Waals surface area contributed by atoms with Gasteiger partial charge in [-0.15, -0.1) is 0 Å². The third kappa shape index (κ3) is 3.60. The molecule has 0 amide bonds. The van der Waals surface area contributed by atoms with Crippen LogP contribution in [0.15, 0.2) is 29.2 Å². The van der Waals surface area contributed by atoms with E-state index in [1.54, 1.807) is 12.1 Å². The van der Waals surface area contributed by atoms with Crippen molar-refractivity contribution in [3.05, 3.63) is 29.8 Å². The van der Waals surface area contributed by atoms with Crippen LogP contribution < -0.4 is 4.72 Å². The number of hydrogen-bond acceptors (Lipinski definition) is 3. The van der Waals surface area contributed by atoms with Crippen LogP contribution in [-0.2, 0) is 10.0 Å². The van der Waals surface area contributed by atoms with Gasteiger partial charge in [-0.1, -0.05) is 25.2 Å². The molecule has 0 radical (unpaired) electrons. The lowest BCUT2D eigenvalue weighted by atomic mass is 9.71. The van der Waals surface area contributed by atoms with E-state index in [4.69, 9.17) is 5.11 Å². The summed E-state index contributed by atoms with van der Waals surface area (Å²) in [6.07, 6.45) is 3.33. The van der Waals surface area contributed by atoms with Gasteiger partial charge in [-0.05, 0) is 42.5 Å². The average molecular weight is 293 g/mol. The van der Waals surface area contributed by atoms with Gasteiger partial charge in [0.2, 0.25) is 10.0 Å². The summed E-state index contributed by atoms with van der Waals surface area (Å²) < 4.78 is 27.0. The minimum Gasteiger partial charge on any atom is -0.384 e. The Morgan fingerprint density at radius 3 is 2.45 bits per heavy atom. The van der Waals surface area contributed by atoms with Gasteiger partial charge in [-0.25, -0.2) is 13.1 Å². The minimum absolute atomic E-state index is 0.111. The fourth-order valence-electron chi connectivity index (χ4n) is 2.17. The molecule has 2 rings (SSSR count). The molecule has 1 fully saturated rings. The Morgan fingerprint density at radius 1 is 1.30 bits per heavy atom.